The molecule has 0 spiro atoms. The van der Waals surface area contributed by atoms with E-state index in [9.17, 15) is 9.59 Å². The van der Waals surface area contributed by atoms with Gasteiger partial charge in [-0.05, 0) is 23.9 Å². The average Bonchev–Trinajstić information content (AvgIpc) is 2.84. The van der Waals surface area contributed by atoms with Crippen molar-refractivity contribution in [2.75, 3.05) is 13.1 Å². The SMILES string of the molecule is Cc1nnsc1C(=O)N[C@@H]1CC(=O)N(CC(C)(C)C)C1. The van der Waals surface area contributed by atoms with Crippen LogP contribution < -0.4 is 5.32 Å². The number of hydrogen-bond acceptors (Lipinski definition) is 5. The molecule has 0 saturated carbocycles. The second kappa shape index (κ2) is 5.47. The maximum Gasteiger partial charge on any atom is 0.265 e. The Labute approximate surface area is 122 Å². The summed E-state index contributed by atoms with van der Waals surface area (Å²) in [7, 11) is 0. The number of amides is 2. The molecule has 0 aliphatic carbocycles. The van der Waals surface area contributed by atoms with Crippen molar-refractivity contribution in [1.82, 2.24) is 19.8 Å². The third-order valence-electron chi connectivity index (χ3n) is 3.07. The van der Waals surface area contributed by atoms with Gasteiger partial charge < -0.3 is 10.2 Å². The van der Waals surface area contributed by atoms with Crippen molar-refractivity contribution in [2.45, 2.75) is 40.2 Å². The van der Waals surface area contributed by atoms with Crippen LogP contribution >= 0.6 is 11.5 Å². The van der Waals surface area contributed by atoms with Crippen molar-refractivity contribution < 1.29 is 9.59 Å². The highest BCUT2D eigenvalue weighted by Crippen LogP contribution is 2.20. The van der Waals surface area contributed by atoms with E-state index >= 15 is 0 Å². The largest absolute Gasteiger partial charge is 0.346 e. The maximum atomic E-state index is 12.1. The number of hydrogen-bond donors (Lipinski definition) is 1. The summed E-state index contributed by atoms with van der Waals surface area (Å²) in [6, 6.07) is -0.126. The molecule has 1 aromatic heterocycles. The molecule has 2 rings (SSSR count). The summed E-state index contributed by atoms with van der Waals surface area (Å²) in [5.41, 5.74) is 0.690. The van der Waals surface area contributed by atoms with E-state index in [2.05, 4.69) is 35.7 Å². The van der Waals surface area contributed by atoms with E-state index in [4.69, 9.17) is 0 Å². The first-order valence-electron chi connectivity index (χ1n) is 6.64. The predicted octanol–water partition coefficient (Wildman–Crippen LogP) is 1.22. The molecule has 1 aliphatic rings. The molecule has 1 saturated heterocycles. The molecule has 6 nitrogen and oxygen atoms in total. The highest BCUT2D eigenvalue weighted by molar-refractivity contribution is 7.08. The van der Waals surface area contributed by atoms with Crippen LogP contribution in [0.25, 0.3) is 0 Å². The van der Waals surface area contributed by atoms with E-state index in [-0.39, 0.29) is 23.3 Å². The number of rotatable bonds is 3. The Kier molecular flexibility index (Phi) is 4.08. The summed E-state index contributed by atoms with van der Waals surface area (Å²) in [6.07, 6.45) is 0.368. The zero-order chi connectivity index (χ0) is 14.9. The molecule has 0 bridgehead atoms. The van der Waals surface area contributed by atoms with Crippen molar-refractivity contribution in [3.05, 3.63) is 10.6 Å². The normalized spacial score (nSPS) is 19.5. The van der Waals surface area contributed by atoms with E-state index in [1.165, 1.54) is 0 Å². The van der Waals surface area contributed by atoms with Crippen LogP contribution in [0.1, 0.15) is 42.6 Å². The number of nitrogens with one attached hydrogen (secondary N) is 1. The highest BCUT2D eigenvalue weighted by Gasteiger charge is 2.33. The summed E-state index contributed by atoms with van der Waals surface area (Å²) >= 11 is 1.08. The van der Waals surface area contributed by atoms with Crippen LogP contribution in [0, 0.1) is 12.3 Å². The fourth-order valence-corrected chi connectivity index (χ4v) is 2.84. The molecule has 0 radical (unpaired) electrons. The number of carbonyl (C=O) groups excluding carboxylic acids is 2. The number of nitrogens with zero attached hydrogens (tertiary/aromatic N) is 3. The lowest BCUT2D eigenvalue weighted by Crippen LogP contribution is -2.39. The van der Waals surface area contributed by atoms with E-state index in [0.717, 1.165) is 11.5 Å². The van der Waals surface area contributed by atoms with Gasteiger partial charge in [0, 0.05) is 19.5 Å². The minimum absolute atomic E-state index is 0.0622. The van der Waals surface area contributed by atoms with Crippen LogP contribution in [0.3, 0.4) is 0 Å². The zero-order valence-corrected chi connectivity index (χ0v) is 13.1. The van der Waals surface area contributed by atoms with Gasteiger partial charge in [0.25, 0.3) is 5.91 Å². The molecule has 1 aromatic rings. The Hall–Kier alpha value is -1.50. The minimum Gasteiger partial charge on any atom is -0.346 e. The van der Waals surface area contributed by atoms with Crippen molar-refractivity contribution in [2.24, 2.45) is 5.41 Å². The van der Waals surface area contributed by atoms with E-state index in [1.54, 1.807) is 6.92 Å². The number of aryl methyl sites for hydroxylation is 1. The molecule has 1 fully saturated rings. The Morgan fingerprint density at radius 3 is 2.75 bits per heavy atom. The molecule has 1 N–H and O–H groups in total. The van der Waals surface area contributed by atoms with Crippen LogP contribution in [-0.4, -0.2) is 45.4 Å². The van der Waals surface area contributed by atoms with Gasteiger partial charge >= 0.3 is 0 Å². The molecule has 20 heavy (non-hydrogen) atoms. The molecule has 2 amide bonds. The summed E-state index contributed by atoms with van der Waals surface area (Å²) in [6.45, 7) is 9.33. The smallest absolute Gasteiger partial charge is 0.265 e. The van der Waals surface area contributed by atoms with Crippen molar-refractivity contribution >= 4 is 23.3 Å². The summed E-state index contributed by atoms with van der Waals surface area (Å²) in [5, 5.41) is 6.72. The van der Waals surface area contributed by atoms with Gasteiger partial charge in [-0.25, -0.2) is 0 Å². The predicted molar refractivity (Wildman–Crippen MR) is 76.6 cm³/mol. The fourth-order valence-electron chi connectivity index (χ4n) is 2.28. The van der Waals surface area contributed by atoms with Gasteiger partial charge in [0.05, 0.1) is 11.7 Å². The van der Waals surface area contributed by atoms with Crippen LogP contribution in [0.5, 0.6) is 0 Å². The van der Waals surface area contributed by atoms with E-state index < -0.39 is 0 Å². The van der Waals surface area contributed by atoms with Gasteiger partial charge in [-0.15, -0.1) is 5.10 Å². The Bertz CT molecular complexity index is 521. The monoisotopic (exact) mass is 296 g/mol. The molecule has 0 unspecified atom stereocenters. The Balaban J connectivity index is 1.94. The molecular formula is C13H20N4O2S. The van der Waals surface area contributed by atoms with Gasteiger partial charge in [0.2, 0.25) is 5.91 Å². The van der Waals surface area contributed by atoms with Gasteiger partial charge in [-0.2, -0.15) is 0 Å². The van der Waals surface area contributed by atoms with E-state index in [1.807, 2.05) is 4.90 Å². The first-order chi connectivity index (χ1) is 9.26. The van der Waals surface area contributed by atoms with Gasteiger partial charge in [-0.1, -0.05) is 25.3 Å². The van der Waals surface area contributed by atoms with Crippen LogP contribution in [-0.2, 0) is 4.79 Å². The van der Waals surface area contributed by atoms with Gasteiger partial charge in [0.15, 0.2) is 0 Å². The second-order valence-corrected chi connectivity index (χ2v) is 7.15. The number of likely N-dealkylation sites (tertiary alicyclic amines) is 1. The minimum atomic E-state index is -0.187. The van der Waals surface area contributed by atoms with E-state index in [0.29, 0.717) is 30.1 Å². The quantitative estimate of drug-likeness (QED) is 0.910. The second-order valence-electron chi connectivity index (χ2n) is 6.40. The zero-order valence-electron chi connectivity index (χ0n) is 12.3. The Morgan fingerprint density at radius 1 is 1.50 bits per heavy atom. The first-order valence-corrected chi connectivity index (χ1v) is 7.41. The average molecular weight is 296 g/mol. The number of aromatic nitrogens is 2. The third-order valence-corrected chi connectivity index (χ3v) is 3.90. The standard InChI is InChI=1S/C13H20N4O2S/c1-8-11(20-16-15-8)12(19)14-9-5-10(18)17(6-9)7-13(2,3)4/h9H,5-7H2,1-4H3,(H,14,19)/t9-/m1/s1. The number of carbonyl (C=O) groups is 2. The highest BCUT2D eigenvalue weighted by atomic mass is 32.1. The first kappa shape index (κ1) is 14.9. The molecule has 7 heteroatoms. The van der Waals surface area contributed by atoms with Gasteiger partial charge in [-0.3, -0.25) is 9.59 Å². The maximum absolute atomic E-state index is 12.1. The van der Waals surface area contributed by atoms with Crippen molar-refractivity contribution in [3.8, 4) is 0 Å². The molecule has 1 atom stereocenters. The molecular weight excluding hydrogens is 276 g/mol. The summed E-state index contributed by atoms with van der Waals surface area (Å²) < 4.78 is 3.75. The fraction of sp³-hybridized carbons (Fsp3) is 0.692. The molecule has 1 aliphatic heterocycles. The Morgan fingerprint density at radius 2 is 2.20 bits per heavy atom. The lowest BCUT2D eigenvalue weighted by molar-refractivity contribution is -0.128. The molecule has 0 aromatic carbocycles. The lowest BCUT2D eigenvalue weighted by Gasteiger charge is -2.26. The topological polar surface area (TPSA) is 75.2 Å². The van der Waals surface area contributed by atoms with Gasteiger partial charge in [0.1, 0.15) is 4.88 Å². The van der Waals surface area contributed by atoms with Crippen molar-refractivity contribution in [1.29, 1.82) is 0 Å². The summed E-state index contributed by atoms with van der Waals surface area (Å²) in [4.78, 5) is 26.4. The van der Waals surface area contributed by atoms with Crippen molar-refractivity contribution in [3.63, 3.8) is 0 Å². The lowest BCUT2D eigenvalue weighted by atomic mass is 9.96. The summed E-state index contributed by atoms with van der Waals surface area (Å²) in [5.74, 6) is -0.0858. The molecule has 110 valence electrons. The van der Waals surface area contributed by atoms with Crippen LogP contribution in [0.15, 0.2) is 0 Å². The van der Waals surface area contributed by atoms with Crippen LogP contribution in [0.4, 0.5) is 0 Å². The molecule has 2 heterocycles. The van der Waals surface area contributed by atoms with Crippen LogP contribution in [0.2, 0.25) is 0 Å². The third kappa shape index (κ3) is 3.53.